The third kappa shape index (κ3) is 6.20. The first-order valence-electron chi connectivity index (χ1n) is 6.39. The number of rotatable bonds is 9. The van der Waals surface area contributed by atoms with Crippen LogP contribution in [0.25, 0.3) is 0 Å². The lowest BCUT2D eigenvalue weighted by Crippen LogP contribution is -2.34. The second-order valence-electron chi connectivity index (χ2n) is 4.29. The summed E-state index contributed by atoms with van der Waals surface area (Å²) in [5.41, 5.74) is 3.50. The van der Waals surface area contributed by atoms with Gasteiger partial charge in [-0.05, 0) is 18.2 Å². The fraction of sp³-hybridized carbons (Fsp3) is 0.500. The standard InChI is InChI=1S/C14H20Cl2N2O3/c1-19-9-14(21-3)13(20-2)6-7-17-18-12-8-10(15)4-5-11(12)16/h4-5,7-8,13-14,18H,6,9H2,1-3H3/b17-7+/t13-,14+/m0/s1. The Morgan fingerprint density at radius 2 is 1.90 bits per heavy atom. The first kappa shape index (κ1) is 18.2. The number of anilines is 1. The van der Waals surface area contributed by atoms with Crippen molar-refractivity contribution in [1.82, 2.24) is 0 Å². The maximum atomic E-state index is 6.02. The summed E-state index contributed by atoms with van der Waals surface area (Å²) in [7, 11) is 4.87. The van der Waals surface area contributed by atoms with Gasteiger partial charge in [0.1, 0.15) is 6.10 Å². The van der Waals surface area contributed by atoms with Crippen LogP contribution in [-0.4, -0.2) is 46.4 Å². The highest BCUT2D eigenvalue weighted by Gasteiger charge is 2.19. The lowest BCUT2D eigenvalue weighted by atomic mass is 10.1. The fourth-order valence-corrected chi connectivity index (χ4v) is 2.08. The summed E-state index contributed by atoms with van der Waals surface area (Å²) < 4.78 is 15.8. The van der Waals surface area contributed by atoms with Crippen LogP contribution in [-0.2, 0) is 14.2 Å². The average molecular weight is 335 g/mol. The van der Waals surface area contributed by atoms with Crippen LogP contribution in [0.2, 0.25) is 10.0 Å². The SMILES string of the molecule is COC[C@@H](OC)[C@H](C/C=N/Nc1cc(Cl)ccc1Cl)OC. The summed E-state index contributed by atoms with van der Waals surface area (Å²) in [6, 6.07) is 5.13. The van der Waals surface area contributed by atoms with E-state index in [2.05, 4.69) is 10.5 Å². The maximum Gasteiger partial charge on any atom is 0.107 e. The van der Waals surface area contributed by atoms with Crippen LogP contribution in [0.3, 0.4) is 0 Å². The largest absolute Gasteiger partial charge is 0.382 e. The predicted octanol–water partition coefficient (Wildman–Crippen LogP) is 3.46. The molecule has 21 heavy (non-hydrogen) atoms. The van der Waals surface area contributed by atoms with Crippen molar-refractivity contribution in [3.05, 3.63) is 28.2 Å². The molecule has 0 saturated carbocycles. The number of nitrogens with zero attached hydrogens (tertiary/aromatic N) is 1. The van der Waals surface area contributed by atoms with Crippen molar-refractivity contribution in [1.29, 1.82) is 0 Å². The minimum atomic E-state index is -0.152. The molecular formula is C14H20Cl2N2O3. The van der Waals surface area contributed by atoms with Crippen molar-refractivity contribution in [3.63, 3.8) is 0 Å². The van der Waals surface area contributed by atoms with Gasteiger partial charge in [-0.3, -0.25) is 5.43 Å². The van der Waals surface area contributed by atoms with Gasteiger partial charge in [-0.1, -0.05) is 23.2 Å². The van der Waals surface area contributed by atoms with Crippen LogP contribution in [0.5, 0.6) is 0 Å². The number of halogens is 2. The molecule has 0 aliphatic heterocycles. The van der Waals surface area contributed by atoms with E-state index in [0.717, 1.165) is 0 Å². The van der Waals surface area contributed by atoms with Gasteiger partial charge in [0.05, 0.1) is 23.4 Å². The molecule has 0 aliphatic carbocycles. The fourth-order valence-electron chi connectivity index (χ4n) is 1.75. The van der Waals surface area contributed by atoms with E-state index in [9.17, 15) is 0 Å². The van der Waals surface area contributed by atoms with E-state index in [0.29, 0.717) is 28.8 Å². The Bertz CT molecular complexity index is 458. The van der Waals surface area contributed by atoms with E-state index in [1.807, 2.05) is 0 Å². The third-order valence-electron chi connectivity index (χ3n) is 2.89. The minimum Gasteiger partial charge on any atom is -0.382 e. The Labute approximate surface area is 135 Å². The number of benzene rings is 1. The van der Waals surface area contributed by atoms with E-state index in [1.54, 1.807) is 45.7 Å². The molecule has 0 aliphatic rings. The van der Waals surface area contributed by atoms with E-state index >= 15 is 0 Å². The summed E-state index contributed by atoms with van der Waals surface area (Å²) in [4.78, 5) is 0. The average Bonchev–Trinajstić information content (AvgIpc) is 2.49. The summed E-state index contributed by atoms with van der Waals surface area (Å²) in [5.74, 6) is 0. The molecule has 0 unspecified atom stereocenters. The van der Waals surface area contributed by atoms with Gasteiger partial charge >= 0.3 is 0 Å². The van der Waals surface area contributed by atoms with Crippen LogP contribution < -0.4 is 5.43 Å². The van der Waals surface area contributed by atoms with Gasteiger partial charge in [0.15, 0.2) is 0 Å². The van der Waals surface area contributed by atoms with Crippen LogP contribution >= 0.6 is 23.2 Å². The molecule has 1 aromatic rings. The maximum absolute atomic E-state index is 6.02. The number of nitrogens with one attached hydrogen (secondary N) is 1. The van der Waals surface area contributed by atoms with Crippen LogP contribution in [0, 0.1) is 0 Å². The molecule has 0 radical (unpaired) electrons. The van der Waals surface area contributed by atoms with Crippen molar-refractivity contribution < 1.29 is 14.2 Å². The second kappa shape index (κ2) is 9.97. The van der Waals surface area contributed by atoms with Gasteiger partial charge in [-0.15, -0.1) is 0 Å². The molecule has 118 valence electrons. The lowest BCUT2D eigenvalue weighted by molar-refractivity contribution is -0.0640. The Morgan fingerprint density at radius 1 is 1.19 bits per heavy atom. The van der Waals surface area contributed by atoms with Crippen LogP contribution in [0.1, 0.15) is 6.42 Å². The minimum absolute atomic E-state index is 0.143. The van der Waals surface area contributed by atoms with Gasteiger partial charge in [0.25, 0.3) is 0 Å². The molecular weight excluding hydrogens is 315 g/mol. The Kier molecular flexibility index (Phi) is 8.64. The van der Waals surface area contributed by atoms with E-state index in [-0.39, 0.29) is 12.2 Å². The summed E-state index contributed by atoms with van der Waals surface area (Å²) in [6.45, 7) is 0.455. The molecule has 5 nitrogen and oxygen atoms in total. The highest BCUT2D eigenvalue weighted by atomic mass is 35.5. The number of methoxy groups -OCH3 is 3. The Hall–Kier alpha value is -0.850. The normalized spacial score (nSPS) is 14.3. The van der Waals surface area contributed by atoms with Gasteiger partial charge in [-0.2, -0.15) is 5.10 Å². The first-order chi connectivity index (χ1) is 10.1. The zero-order valence-electron chi connectivity index (χ0n) is 12.3. The quantitative estimate of drug-likeness (QED) is 0.555. The molecule has 1 aromatic carbocycles. The predicted molar refractivity (Wildman–Crippen MR) is 86.7 cm³/mol. The van der Waals surface area contributed by atoms with Gasteiger partial charge in [0, 0.05) is 39.0 Å². The molecule has 1 N–H and O–H groups in total. The zero-order valence-corrected chi connectivity index (χ0v) is 13.8. The Balaban J connectivity index is 2.54. The molecule has 7 heteroatoms. The van der Waals surface area contributed by atoms with Crippen molar-refractivity contribution in [2.24, 2.45) is 5.10 Å². The van der Waals surface area contributed by atoms with Gasteiger partial charge < -0.3 is 14.2 Å². The molecule has 0 heterocycles. The Morgan fingerprint density at radius 3 is 2.52 bits per heavy atom. The van der Waals surface area contributed by atoms with Crippen molar-refractivity contribution in [2.75, 3.05) is 33.4 Å². The molecule has 2 atom stereocenters. The third-order valence-corrected chi connectivity index (χ3v) is 3.46. The zero-order chi connectivity index (χ0) is 15.7. The number of hydrogen-bond donors (Lipinski definition) is 1. The highest BCUT2D eigenvalue weighted by molar-refractivity contribution is 6.35. The molecule has 0 bridgehead atoms. The van der Waals surface area contributed by atoms with E-state index in [1.165, 1.54) is 0 Å². The molecule has 0 saturated heterocycles. The van der Waals surface area contributed by atoms with Gasteiger partial charge in [0.2, 0.25) is 0 Å². The van der Waals surface area contributed by atoms with Crippen molar-refractivity contribution in [3.8, 4) is 0 Å². The van der Waals surface area contributed by atoms with Crippen molar-refractivity contribution >= 4 is 35.1 Å². The number of hydrogen-bond acceptors (Lipinski definition) is 5. The first-order valence-corrected chi connectivity index (χ1v) is 7.15. The highest BCUT2D eigenvalue weighted by Crippen LogP contribution is 2.25. The smallest absolute Gasteiger partial charge is 0.107 e. The van der Waals surface area contributed by atoms with Crippen LogP contribution in [0.4, 0.5) is 5.69 Å². The summed E-state index contributed by atoms with van der Waals surface area (Å²) in [5, 5.41) is 5.25. The van der Waals surface area contributed by atoms with Crippen molar-refractivity contribution in [2.45, 2.75) is 18.6 Å². The molecule has 0 fully saturated rings. The van der Waals surface area contributed by atoms with Gasteiger partial charge in [-0.25, -0.2) is 0 Å². The molecule has 0 spiro atoms. The second-order valence-corrected chi connectivity index (χ2v) is 5.13. The number of hydrazone groups is 1. The van der Waals surface area contributed by atoms with Crippen LogP contribution in [0.15, 0.2) is 23.3 Å². The summed E-state index contributed by atoms with van der Waals surface area (Å²) in [6.07, 6.45) is 1.98. The van der Waals surface area contributed by atoms with E-state index < -0.39 is 0 Å². The lowest BCUT2D eigenvalue weighted by Gasteiger charge is -2.22. The summed E-state index contributed by atoms with van der Waals surface area (Å²) >= 11 is 11.9. The number of ether oxygens (including phenoxy) is 3. The topological polar surface area (TPSA) is 52.1 Å². The molecule has 0 aromatic heterocycles. The monoisotopic (exact) mass is 334 g/mol. The molecule has 1 rings (SSSR count). The van der Waals surface area contributed by atoms with E-state index in [4.69, 9.17) is 37.4 Å². The molecule has 0 amide bonds.